The van der Waals surface area contributed by atoms with Gasteiger partial charge in [0.25, 0.3) is 0 Å². The monoisotopic (exact) mass is 341 g/mol. The Labute approximate surface area is 128 Å². The molecule has 0 amide bonds. The van der Waals surface area contributed by atoms with Crippen molar-refractivity contribution in [3.63, 3.8) is 0 Å². The van der Waals surface area contributed by atoms with Gasteiger partial charge in [-0.2, -0.15) is 17.6 Å². The van der Waals surface area contributed by atoms with Crippen LogP contribution in [0.1, 0.15) is 16.5 Å². The van der Waals surface area contributed by atoms with E-state index < -0.39 is 12.5 Å². The van der Waals surface area contributed by atoms with Crippen molar-refractivity contribution >= 4 is 23.7 Å². The summed E-state index contributed by atoms with van der Waals surface area (Å²) in [6.45, 7) is 0. The molecule has 0 saturated carbocycles. The molecular weight excluding hydrogens is 330 g/mol. The Kier molecular flexibility index (Phi) is 6.00. The van der Waals surface area contributed by atoms with Crippen molar-refractivity contribution in [1.82, 2.24) is 0 Å². The lowest BCUT2D eigenvalue weighted by Crippen LogP contribution is -2.33. The van der Waals surface area contributed by atoms with E-state index in [-0.39, 0.29) is 24.2 Å². The van der Waals surface area contributed by atoms with E-state index in [2.05, 4.69) is 4.74 Å². The SMILES string of the molecule is Cl.N[C@H](c1ccc(OC(F)(F)C(F)F)cc1)c1cccs1. The summed E-state index contributed by atoms with van der Waals surface area (Å²) in [6.07, 6.45) is -8.38. The van der Waals surface area contributed by atoms with Crippen LogP contribution in [0.25, 0.3) is 0 Å². The minimum absolute atomic E-state index is 0. The number of benzene rings is 1. The Balaban J connectivity index is 0.00000220. The molecule has 0 fully saturated rings. The van der Waals surface area contributed by atoms with Crippen LogP contribution in [-0.4, -0.2) is 12.5 Å². The van der Waals surface area contributed by atoms with Crippen molar-refractivity contribution in [2.24, 2.45) is 5.73 Å². The maximum absolute atomic E-state index is 12.7. The zero-order valence-corrected chi connectivity index (χ0v) is 12.1. The fourth-order valence-electron chi connectivity index (χ4n) is 1.58. The van der Waals surface area contributed by atoms with E-state index in [0.29, 0.717) is 5.56 Å². The van der Waals surface area contributed by atoms with Gasteiger partial charge in [0.1, 0.15) is 5.75 Å². The van der Waals surface area contributed by atoms with Gasteiger partial charge in [-0.1, -0.05) is 18.2 Å². The molecule has 2 nitrogen and oxygen atoms in total. The molecule has 1 atom stereocenters. The molecule has 21 heavy (non-hydrogen) atoms. The second kappa shape index (κ2) is 7.11. The molecule has 2 rings (SSSR count). The third-order valence-corrected chi connectivity index (χ3v) is 3.55. The smallest absolute Gasteiger partial charge is 0.428 e. The highest BCUT2D eigenvalue weighted by molar-refractivity contribution is 7.10. The molecule has 1 aromatic carbocycles. The average Bonchev–Trinajstić information content (AvgIpc) is 2.92. The number of thiophene rings is 1. The molecule has 2 aromatic rings. The molecule has 0 aliphatic rings. The highest BCUT2D eigenvalue weighted by Gasteiger charge is 2.43. The summed E-state index contributed by atoms with van der Waals surface area (Å²) < 4.78 is 53.4. The van der Waals surface area contributed by atoms with Gasteiger partial charge in [0.05, 0.1) is 6.04 Å². The first-order chi connectivity index (χ1) is 9.40. The summed E-state index contributed by atoms with van der Waals surface area (Å²) in [7, 11) is 0. The summed E-state index contributed by atoms with van der Waals surface area (Å²) in [4.78, 5) is 0.913. The second-order valence-corrected chi connectivity index (χ2v) is 5.01. The van der Waals surface area contributed by atoms with Gasteiger partial charge in [-0.05, 0) is 29.1 Å². The molecule has 0 aliphatic carbocycles. The zero-order chi connectivity index (χ0) is 14.8. The van der Waals surface area contributed by atoms with E-state index in [1.807, 2.05) is 17.5 Å². The van der Waals surface area contributed by atoms with Gasteiger partial charge in [0.15, 0.2) is 0 Å². The van der Waals surface area contributed by atoms with E-state index in [0.717, 1.165) is 4.88 Å². The molecule has 2 N–H and O–H groups in total. The summed E-state index contributed by atoms with van der Waals surface area (Å²) in [6, 6.07) is 8.64. The number of nitrogens with two attached hydrogens (primary N) is 1. The lowest BCUT2D eigenvalue weighted by molar-refractivity contribution is -0.253. The molecule has 0 aliphatic heterocycles. The number of alkyl halides is 4. The first-order valence-electron chi connectivity index (χ1n) is 5.64. The molecule has 1 aromatic heterocycles. The van der Waals surface area contributed by atoms with Crippen LogP contribution in [0.5, 0.6) is 5.75 Å². The topological polar surface area (TPSA) is 35.2 Å². The molecule has 1 heterocycles. The minimum atomic E-state index is -4.50. The molecule has 116 valence electrons. The van der Waals surface area contributed by atoms with Crippen LogP contribution < -0.4 is 10.5 Å². The predicted molar refractivity (Wildman–Crippen MR) is 75.6 cm³/mol. The lowest BCUT2D eigenvalue weighted by Gasteiger charge is -2.17. The van der Waals surface area contributed by atoms with Crippen molar-refractivity contribution in [3.05, 3.63) is 52.2 Å². The van der Waals surface area contributed by atoms with Crippen molar-refractivity contribution in [2.45, 2.75) is 18.6 Å². The van der Waals surface area contributed by atoms with Crippen LogP contribution in [0.2, 0.25) is 0 Å². The normalized spacial score (nSPS) is 12.9. The summed E-state index contributed by atoms with van der Waals surface area (Å²) in [5.74, 6) is -0.336. The fraction of sp³-hybridized carbons (Fsp3) is 0.231. The molecule has 0 radical (unpaired) electrons. The van der Waals surface area contributed by atoms with E-state index in [1.165, 1.54) is 35.6 Å². The van der Waals surface area contributed by atoms with Gasteiger partial charge < -0.3 is 10.5 Å². The average molecular weight is 342 g/mol. The largest absolute Gasteiger partial charge is 0.461 e. The molecule has 8 heteroatoms. The Bertz CT molecular complexity index is 548. The van der Waals surface area contributed by atoms with E-state index >= 15 is 0 Å². The molecule has 0 spiro atoms. The van der Waals surface area contributed by atoms with Crippen LogP contribution in [0.4, 0.5) is 17.6 Å². The van der Waals surface area contributed by atoms with Gasteiger partial charge in [0.2, 0.25) is 0 Å². The van der Waals surface area contributed by atoms with Crippen molar-refractivity contribution in [2.75, 3.05) is 0 Å². The lowest BCUT2D eigenvalue weighted by atomic mass is 10.1. The summed E-state index contributed by atoms with van der Waals surface area (Å²) >= 11 is 1.47. The first kappa shape index (κ1) is 17.7. The van der Waals surface area contributed by atoms with E-state index in [1.54, 1.807) is 0 Å². The number of rotatable bonds is 5. The van der Waals surface area contributed by atoms with E-state index in [9.17, 15) is 17.6 Å². The molecular formula is C13H12ClF4NOS. The van der Waals surface area contributed by atoms with Gasteiger partial charge in [-0.15, -0.1) is 23.7 Å². The van der Waals surface area contributed by atoms with Crippen molar-refractivity contribution in [1.29, 1.82) is 0 Å². The van der Waals surface area contributed by atoms with Gasteiger partial charge in [-0.25, -0.2) is 0 Å². The summed E-state index contributed by atoms with van der Waals surface area (Å²) in [5, 5.41) is 1.87. The third kappa shape index (κ3) is 4.33. The van der Waals surface area contributed by atoms with Crippen LogP contribution in [0.3, 0.4) is 0 Å². The van der Waals surface area contributed by atoms with Crippen molar-refractivity contribution < 1.29 is 22.3 Å². The van der Waals surface area contributed by atoms with Gasteiger partial charge >= 0.3 is 12.5 Å². The minimum Gasteiger partial charge on any atom is -0.428 e. The molecule has 0 saturated heterocycles. The second-order valence-electron chi connectivity index (χ2n) is 4.03. The molecule has 0 bridgehead atoms. The summed E-state index contributed by atoms with van der Waals surface area (Å²) in [5.41, 5.74) is 6.67. The highest BCUT2D eigenvalue weighted by Crippen LogP contribution is 2.29. The Morgan fingerprint density at radius 3 is 2.19 bits per heavy atom. The van der Waals surface area contributed by atoms with Crippen LogP contribution in [-0.2, 0) is 0 Å². The highest BCUT2D eigenvalue weighted by atomic mass is 35.5. The zero-order valence-electron chi connectivity index (χ0n) is 10.5. The molecule has 0 unspecified atom stereocenters. The van der Waals surface area contributed by atoms with Gasteiger partial charge in [0, 0.05) is 4.88 Å². The van der Waals surface area contributed by atoms with Crippen LogP contribution >= 0.6 is 23.7 Å². The Morgan fingerprint density at radius 1 is 1.10 bits per heavy atom. The first-order valence-corrected chi connectivity index (χ1v) is 6.52. The maximum atomic E-state index is 12.7. The number of hydrogen-bond acceptors (Lipinski definition) is 3. The predicted octanol–water partition coefficient (Wildman–Crippen LogP) is 4.45. The number of hydrogen-bond donors (Lipinski definition) is 1. The van der Waals surface area contributed by atoms with Crippen molar-refractivity contribution in [3.8, 4) is 5.75 Å². The number of ether oxygens (including phenoxy) is 1. The van der Waals surface area contributed by atoms with Crippen LogP contribution in [0, 0.1) is 0 Å². The quantitative estimate of drug-likeness (QED) is 0.815. The van der Waals surface area contributed by atoms with E-state index in [4.69, 9.17) is 5.73 Å². The van der Waals surface area contributed by atoms with Gasteiger partial charge in [-0.3, -0.25) is 0 Å². The Morgan fingerprint density at radius 2 is 1.71 bits per heavy atom. The maximum Gasteiger partial charge on any atom is 0.461 e. The standard InChI is InChI=1S/C13H11F4NOS.ClH/c14-12(15)13(16,17)19-9-5-3-8(4-6-9)11(18)10-2-1-7-20-10;/h1-7,11-12H,18H2;1H/t11-;/m1./s1. The fourth-order valence-corrected chi connectivity index (χ4v) is 2.33. The third-order valence-electron chi connectivity index (χ3n) is 2.60. The van der Waals surface area contributed by atoms with Crippen LogP contribution in [0.15, 0.2) is 41.8 Å². The Hall–Kier alpha value is -1.31. The number of halogens is 5.